The fourth-order valence-electron chi connectivity index (χ4n) is 4.37. The van der Waals surface area contributed by atoms with Gasteiger partial charge in [-0.25, -0.2) is 0 Å². The van der Waals surface area contributed by atoms with E-state index in [1.165, 1.54) is 23.5 Å². The molecule has 7 heteroatoms. The van der Waals surface area contributed by atoms with E-state index in [1.54, 1.807) is 0 Å². The molecule has 0 heterocycles. The van der Waals surface area contributed by atoms with Gasteiger partial charge < -0.3 is 9.64 Å². The fourth-order valence-corrected chi connectivity index (χ4v) is 5.68. The molecule has 0 fully saturated rings. The Labute approximate surface area is 231 Å². The molecule has 0 aromatic carbocycles. The van der Waals surface area contributed by atoms with Crippen LogP contribution >= 0.6 is 23.5 Å². The standard InChI is InChI=1S/C29H55NO4S2/c1-28(2,26(32)35-7)21-15-9-12-18-24(34-25(31)20-14-11-17-23-30(5)6)19-13-10-16-22-29(3,4)27(33)36-8/h24H,9-23H2,1-8H3. The van der Waals surface area contributed by atoms with E-state index in [0.29, 0.717) is 6.42 Å². The molecular weight excluding hydrogens is 490 g/mol. The maximum absolute atomic E-state index is 12.5. The number of thioether (sulfide) groups is 2. The summed E-state index contributed by atoms with van der Waals surface area (Å²) in [6, 6.07) is 0. The molecule has 0 radical (unpaired) electrons. The lowest BCUT2D eigenvalue weighted by Crippen LogP contribution is -2.21. The third kappa shape index (κ3) is 17.1. The molecule has 0 aliphatic rings. The van der Waals surface area contributed by atoms with E-state index in [-0.39, 0.29) is 33.1 Å². The molecule has 0 rings (SSSR count). The van der Waals surface area contributed by atoms with E-state index < -0.39 is 0 Å². The van der Waals surface area contributed by atoms with Crippen molar-refractivity contribution in [3.05, 3.63) is 0 Å². The first-order valence-corrected chi connectivity index (χ1v) is 16.3. The van der Waals surface area contributed by atoms with E-state index in [9.17, 15) is 14.4 Å². The number of ether oxygens (including phenoxy) is 1. The average molecular weight is 546 g/mol. The van der Waals surface area contributed by atoms with Crippen LogP contribution in [0.1, 0.15) is 118 Å². The Hall–Kier alpha value is -0.530. The summed E-state index contributed by atoms with van der Waals surface area (Å²) >= 11 is 2.63. The van der Waals surface area contributed by atoms with Gasteiger partial charge in [-0.15, -0.1) is 0 Å². The van der Waals surface area contributed by atoms with Crippen molar-refractivity contribution in [3.63, 3.8) is 0 Å². The smallest absolute Gasteiger partial charge is 0.306 e. The number of carbonyl (C=O) groups excluding carboxylic acids is 3. The van der Waals surface area contributed by atoms with Gasteiger partial charge in [-0.05, 0) is 84.5 Å². The number of nitrogens with zero attached hydrogens (tertiary/aromatic N) is 1. The zero-order valence-corrected chi connectivity index (χ0v) is 26.2. The molecule has 36 heavy (non-hydrogen) atoms. The lowest BCUT2D eigenvalue weighted by Gasteiger charge is -2.22. The zero-order valence-electron chi connectivity index (χ0n) is 24.6. The Kier molecular flexibility index (Phi) is 19.2. The largest absolute Gasteiger partial charge is 0.462 e. The summed E-state index contributed by atoms with van der Waals surface area (Å²) in [5.74, 6) is -0.0664. The van der Waals surface area contributed by atoms with Crippen LogP contribution in [0.25, 0.3) is 0 Å². The van der Waals surface area contributed by atoms with Crippen molar-refractivity contribution < 1.29 is 19.1 Å². The second-order valence-electron chi connectivity index (χ2n) is 11.7. The van der Waals surface area contributed by atoms with Crippen molar-refractivity contribution in [3.8, 4) is 0 Å². The Bertz CT molecular complexity index is 597. The third-order valence-electron chi connectivity index (χ3n) is 6.92. The van der Waals surface area contributed by atoms with Gasteiger partial charge in [0.1, 0.15) is 6.10 Å². The van der Waals surface area contributed by atoms with Crippen LogP contribution in [-0.2, 0) is 19.1 Å². The van der Waals surface area contributed by atoms with Crippen molar-refractivity contribution in [2.24, 2.45) is 10.8 Å². The quantitative estimate of drug-likeness (QED) is 0.108. The fraction of sp³-hybridized carbons (Fsp3) is 0.897. The van der Waals surface area contributed by atoms with Crippen LogP contribution in [0, 0.1) is 10.8 Å². The summed E-state index contributed by atoms with van der Waals surface area (Å²) in [6.07, 6.45) is 17.0. The molecule has 0 spiro atoms. The van der Waals surface area contributed by atoms with E-state index in [1.807, 2.05) is 40.2 Å². The Morgan fingerprint density at radius 3 is 1.56 bits per heavy atom. The van der Waals surface area contributed by atoms with Crippen LogP contribution in [0.5, 0.6) is 0 Å². The van der Waals surface area contributed by atoms with Crippen molar-refractivity contribution in [2.45, 2.75) is 124 Å². The molecule has 0 aromatic heterocycles. The summed E-state index contributed by atoms with van der Waals surface area (Å²) in [6.45, 7) is 9.17. The molecule has 0 saturated heterocycles. The lowest BCUT2D eigenvalue weighted by atomic mass is 9.87. The summed E-state index contributed by atoms with van der Waals surface area (Å²) in [5, 5.41) is 0.504. The second-order valence-corrected chi connectivity index (χ2v) is 13.2. The first-order valence-electron chi connectivity index (χ1n) is 13.9. The number of esters is 1. The predicted octanol–water partition coefficient (Wildman–Crippen LogP) is 7.75. The molecule has 0 saturated carbocycles. The monoisotopic (exact) mass is 545 g/mol. The second kappa shape index (κ2) is 19.5. The molecular formula is C29H55NO4S2. The number of unbranched alkanes of at least 4 members (excludes halogenated alkanes) is 6. The Morgan fingerprint density at radius 1 is 0.694 bits per heavy atom. The first kappa shape index (κ1) is 35.5. The van der Waals surface area contributed by atoms with Gasteiger partial charge in [-0.3, -0.25) is 14.4 Å². The van der Waals surface area contributed by atoms with Crippen molar-refractivity contribution in [1.29, 1.82) is 0 Å². The molecule has 0 bridgehead atoms. The number of rotatable bonds is 21. The van der Waals surface area contributed by atoms with Gasteiger partial charge in [0, 0.05) is 17.3 Å². The molecule has 0 unspecified atom stereocenters. The van der Waals surface area contributed by atoms with Gasteiger partial charge in [-0.1, -0.05) is 83.3 Å². The van der Waals surface area contributed by atoms with Gasteiger partial charge >= 0.3 is 5.97 Å². The molecule has 0 N–H and O–H groups in total. The van der Waals surface area contributed by atoms with Crippen LogP contribution in [-0.4, -0.2) is 60.4 Å². The van der Waals surface area contributed by atoms with Gasteiger partial charge in [0.2, 0.25) is 0 Å². The summed E-state index contributed by atoms with van der Waals surface area (Å²) in [4.78, 5) is 38.8. The highest BCUT2D eigenvalue weighted by Crippen LogP contribution is 2.30. The van der Waals surface area contributed by atoms with E-state index in [4.69, 9.17) is 4.74 Å². The molecule has 5 nitrogen and oxygen atoms in total. The summed E-state index contributed by atoms with van der Waals surface area (Å²) in [5.41, 5.74) is -0.549. The molecule has 212 valence electrons. The molecule has 0 amide bonds. The molecule has 0 aromatic rings. The number of carbonyl (C=O) groups is 3. The third-order valence-corrected chi connectivity index (χ3v) is 8.76. The normalized spacial score (nSPS) is 12.4. The highest BCUT2D eigenvalue weighted by atomic mass is 32.2. The average Bonchev–Trinajstić information content (AvgIpc) is 2.81. The predicted molar refractivity (Wildman–Crippen MR) is 158 cm³/mol. The van der Waals surface area contributed by atoms with Gasteiger partial charge in [0.05, 0.1) is 0 Å². The SMILES string of the molecule is CSC(=O)C(C)(C)CCCCCC(CCCCCC(C)(C)C(=O)SC)OC(=O)CCCCCN(C)C. The van der Waals surface area contributed by atoms with E-state index >= 15 is 0 Å². The van der Waals surface area contributed by atoms with Crippen LogP contribution in [0.2, 0.25) is 0 Å². The highest BCUT2D eigenvalue weighted by Gasteiger charge is 2.27. The van der Waals surface area contributed by atoms with Crippen LogP contribution in [0.15, 0.2) is 0 Å². The van der Waals surface area contributed by atoms with Crippen molar-refractivity contribution in [1.82, 2.24) is 4.90 Å². The topological polar surface area (TPSA) is 63.7 Å². The summed E-state index contributed by atoms with van der Waals surface area (Å²) < 4.78 is 5.92. The lowest BCUT2D eigenvalue weighted by molar-refractivity contribution is -0.150. The highest BCUT2D eigenvalue weighted by molar-refractivity contribution is 8.13. The Balaban J connectivity index is 4.54. The zero-order chi connectivity index (χ0) is 27.6. The minimum atomic E-state index is -0.274. The minimum absolute atomic E-state index is 0.0269. The van der Waals surface area contributed by atoms with Crippen molar-refractivity contribution in [2.75, 3.05) is 33.2 Å². The number of hydrogen-bond donors (Lipinski definition) is 0. The van der Waals surface area contributed by atoms with Crippen LogP contribution in [0.3, 0.4) is 0 Å². The van der Waals surface area contributed by atoms with Crippen molar-refractivity contribution >= 4 is 39.7 Å². The maximum atomic E-state index is 12.5. The van der Waals surface area contributed by atoms with E-state index in [0.717, 1.165) is 90.0 Å². The molecule has 0 atom stereocenters. The van der Waals surface area contributed by atoms with E-state index in [2.05, 4.69) is 19.0 Å². The molecule has 0 aliphatic heterocycles. The maximum Gasteiger partial charge on any atom is 0.306 e. The number of hydrogen-bond acceptors (Lipinski definition) is 7. The van der Waals surface area contributed by atoms with Gasteiger partial charge in [0.15, 0.2) is 10.2 Å². The van der Waals surface area contributed by atoms with Gasteiger partial charge in [-0.2, -0.15) is 0 Å². The molecule has 0 aliphatic carbocycles. The minimum Gasteiger partial charge on any atom is -0.462 e. The Morgan fingerprint density at radius 2 is 1.14 bits per heavy atom. The first-order chi connectivity index (χ1) is 16.9. The van der Waals surface area contributed by atoms with Crippen LogP contribution < -0.4 is 0 Å². The van der Waals surface area contributed by atoms with Crippen LogP contribution in [0.4, 0.5) is 0 Å². The summed E-state index contributed by atoms with van der Waals surface area (Å²) in [7, 11) is 4.14. The van der Waals surface area contributed by atoms with Gasteiger partial charge in [0.25, 0.3) is 0 Å².